The number of pyridine rings is 1. The number of aromatic nitrogens is 1. The number of nitrogens with two attached hydrogens (primary N) is 1. The first kappa shape index (κ1) is 15.9. The summed E-state index contributed by atoms with van der Waals surface area (Å²) in [7, 11) is 0. The van der Waals surface area contributed by atoms with Crippen LogP contribution >= 0.6 is 0 Å². The van der Waals surface area contributed by atoms with Crippen molar-refractivity contribution in [3.8, 4) is 5.75 Å². The summed E-state index contributed by atoms with van der Waals surface area (Å²) < 4.78 is 43.8. The van der Waals surface area contributed by atoms with Gasteiger partial charge in [-0.2, -0.15) is 13.2 Å². The van der Waals surface area contributed by atoms with Gasteiger partial charge < -0.3 is 15.8 Å². The largest absolute Gasteiger partial charge is 0.491 e. The number of anilines is 3. The SMILES string of the molecule is CCCOc1ccccc1Nc1cc(C(F)(F)F)cnc1N. The number of nitrogens with one attached hydrogen (secondary N) is 1. The standard InChI is InChI=1S/C15H16F3N3O/c1-2-7-22-13-6-4-3-5-11(13)21-12-8-10(15(16,17)18)9-20-14(12)19/h3-6,8-9,21H,2,7H2,1H3,(H2,19,20). The lowest BCUT2D eigenvalue weighted by Crippen LogP contribution is -2.08. The van der Waals surface area contributed by atoms with Gasteiger partial charge in [-0.05, 0) is 24.6 Å². The minimum atomic E-state index is -4.48. The van der Waals surface area contributed by atoms with Gasteiger partial charge in [-0.1, -0.05) is 19.1 Å². The van der Waals surface area contributed by atoms with Gasteiger partial charge in [-0.15, -0.1) is 0 Å². The van der Waals surface area contributed by atoms with Gasteiger partial charge >= 0.3 is 6.18 Å². The van der Waals surface area contributed by atoms with E-state index in [1.807, 2.05) is 6.92 Å². The zero-order valence-electron chi connectivity index (χ0n) is 11.9. The summed E-state index contributed by atoms with van der Waals surface area (Å²) in [4.78, 5) is 3.59. The summed E-state index contributed by atoms with van der Waals surface area (Å²) in [6.45, 7) is 2.47. The van der Waals surface area contributed by atoms with E-state index in [1.165, 1.54) is 0 Å². The van der Waals surface area contributed by atoms with E-state index in [4.69, 9.17) is 10.5 Å². The molecule has 0 spiro atoms. The van der Waals surface area contributed by atoms with Gasteiger partial charge in [-0.25, -0.2) is 4.98 Å². The molecule has 0 bridgehead atoms. The Balaban J connectivity index is 2.31. The van der Waals surface area contributed by atoms with E-state index in [0.29, 0.717) is 24.2 Å². The number of para-hydroxylation sites is 2. The second-order valence-electron chi connectivity index (χ2n) is 4.62. The molecular formula is C15H16F3N3O. The first-order chi connectivity index (χ1) is 10.4. The first-order valence-corrected chi connectivity index (χ1v) is 6.73. The Morgan fingerprint density at radius 1 is 1.23 bits per heavy atom. The maximum absolute atomic E-state index is 12.8. The van der Waals surface area contributed by atoms with Gasteiger partial charge in [0.15, 0.2) is 0 Å². The molecule has 2 rings (SSSR count). The molecule has 0 amide bonds. The van der Waals surface area contributed by atoms with E-state index in [-0.39, 0.29) is 11.5 Å². The minimum absolute atomic E-state index is 0.0155. The lowest BCUT2D eigenvalue weighted by Gasteiger charge is -2.15. The van der Waals surface area contributed by atoms with Crippen LogP contribution in [0.2, 0.25) is 0 Å². The molecule has 4 nitrogen and oxygen atoms in total. The second-order valence-corrected chi connectivity index (χ2v) is 4.62. The Hall–Kier alpha value is -2.44. The van der Waals surface area contributed by atoms with Crippen LogP contribution in [0.4, 0.5) is 30.4 Å². The zero-order chi connectivity index (χ0) is 16.2. The normalized spacial score (nSPS) is 11.3. The van der Waals surface area contributed by atoms with Gasteiger partial charge in [0.25, 0.3) is 0 Å². The number of ether oxygens (including phenoxy) is 1. The average Bonchev–Trinajstić information content (AvgIpc) is 2.47. The Kier molecular flexibility index (Phi) is 4.75. The van der Waals surface area contributed by atoms with Crippen LogP contribution in [0.5, 0.6) is 5.75 Å². The predicted molar refractivity (Wildman–Crippen MR) is 79.2 cm³/mol. The number of benzene rings is 1. The predicted octanol–water partition coefficient (Wildman–Crippen LogP) is 4.22. The summed E-state index contributed by atoms with van der Waals surface area (Å²) in [6.07, 6.45) is -2.95. The van der Waals surface area contributed by atoms with Gasteiger partial charge in [-0.3, -0.25) is 0 Å². The number of alkyl halides is 3. The topological polar surface area (TPSA) is 60.2 Å². The third kappa shape index (κ3) is 3.81. The molecule has 3 N–H and O–H groups in total. The van der Waals surface area contributed by atoms with Crippen molar-refractivity contribution in [3.05, 3.63) is 42.1 Å². The van der Waals surface area contributed by atoms with Crippen molar-refractivity contribution in [3.63, 3.8) is 0 Å². The monoisotopic (exact) mass is 311 g/mol. The van der Waals surface area contributed by atoms with E-state index in [0.717, 1.165) is 12.5 Å². The highest BCUT2D eigenvalue weighted by Crippen LogP contribution is 2.34. The molecule has 1 aromatic carbocycles. The van der Waals surface area contributed by atoms with Crippen molar-refractivity contribution < 1.29 is 17.9 Å². The van der Waals surface area contributed by atoms with Crippen LogP contribution in [0.3, 0.4) is 0 Å². The van der Waals surface area contributed by atoms with E-state index in [9.17, 15) is 13.2 Å². The number of nitrogen functional groups attached to an aromatic ring is 1. The Morgan fingerprint density at radius 2 is 1.95 bits per heavy atom. The molecule has 22 heavy (non-hydrogen) atoms. The molecule has 0 atom stereocenters. The van der Waals surface area contributed by atoms with Crippen LogP contribution in [0.1, 0.15) is 18.9 Å². The quantitative estimate of drug-likeness (QED) is 0.868. The number of nitrogens with zero attached hydrogens (tertiary/aromatic N) is 1. The summed E-state index contributed by atoms with van der Waals surface area (Å²) >= 11 is 0. The fraction of sp³-hybridized carbons (Fsp3) is 0.267. The molecule has 118 valence electrons. The molecule has 2 aromatic rings. The van der Waals surface area contributed by atoms with Crippen molar-refractivity contribution in [1.29, 1.82) is 0 Å². The Bertz CT molecular complexity index is 644. The summed E-state index contributed by atoms with van der Waals surface area (Å²) in [5.41, 5.74) is 5.40. The highest BCUT2D eigenvalue weighted by Gasteiger charge is 2.31. The van der Waals surface area contributed by atoms with Crippen molar-refractivity contribution in [2.24, 2.45) is 0 Å². The molecule has 0 saturated heterocycles. The van der Waals surface area contributed by atoms with Crippen molar-refractivity contribution >= 4 is 17.2 Å². The van der Waals surface area contributed by atoms with Gasteiger partial charge in [0, 0.05) is 6.20 Å². The van der Waals surface area contributed by atoms with Crippen LogP contribution < -0.4 is 15.8 Å². The van der Waals surface area contributed by atoms with Crippen molar-refractivity contribution in [2.45, 2.75) is 19.5 Å². The molecule has 0 aliphatic rings. The van der Waals surface area contributed by atoms with Gasteiger partial charge in [0.1, 0.15) is 11.6 Å². The van der Waals surface area contributed by atoms with Crippen LogP contribution in [-0.4, -0.2) is 11.6 Å². The van der Waals surface area contributed by atoms with Crippen LogP contribution in [-0.2, 0) is 6.18 Å². The van der Waals surface area contributed by atoms with E-state index >= 15 is 0 Å². The van der Waals surface area contributed by atoms with Gasteiger partial charge in [0.2, 0.25) is 0 Å². The molecule has 0 fully saturated rings. The van der Waals surface area contributed by atoms with E-state index in [2.05, 4.69) is 10.3 Å². The summed E-state index contributed by atoms with van der Waals surface area (Å²) in [5.74, 6) is 0.527. The average molecular weight is 311 g/mol. The summed E-state index contributed by atoms with van der Waals surface area (Å²) in [5, 5.41) is 2.85. The molecule has 0 aliphatic carbocycles. The highest BCUT2D eigenvalue weighted by molar-refractivity contribution is 5.73. The van der Waals surface area contributed by atoms with Crippen LogP contribution in [0.25, 0.3) is 0 Å². The lowest BCUT2D eigenvalue weighted by molar-refractivity contribution is -0.137. The first-order valence-electron chi connectivity index (χ1n) is 6.73. The number of halogens is 3. The molecule has 0 aliphatic heterocycles. The highest BCUT2D eigenvalue weighted by atomic mass is 19.4. The summed E-state index contributed by atoms with van der Waals surface area (Å²) in [6, 6.07) is 7.89. The van der Waals surface area contributed by atoms with Crippen LogP contribution in [0, 0.1) is 0 Å². The molecule has 1 heterocycles. The Morgan fingerprint density at radius 3 is 2.64 bits per heavy atom. The van der Waals surface area contributed by atoms with Crippen molar-refractivity contribution in [2.75, 3.05) is 17.7 Å². The van der Waals surface area contributed by atoms with Crippen LogP contribution in [0.15, 0.2) is 36.5 Å². The fourth-order valence-electron chi connectivity index (χ4n) is 1.78. The Labute approximate surface area is 126 Å². The second kappa shape index (κ2) is 6.55. The lowest BCUT2D eigenvalue weighted by atomic mass is 10.2. The number of hydrogen-bond donors (Lipinski definition) is 2. The van der Waals surface area contributed by atoms with Crippen molar-refractivity contribution in [1.82, 2.24) is 4.98 Å². The van der Waals surface area contributed by atoms with E-state index < -0.39 is 11.7 Å². The molecule has 1 aromatic heterocycles. The number of rotatable bonds is 5. The number of hydrogen-bond acceptors (Lipinski definition) is 4. The molecule has 7 heteroatoms. The minimum Gasteiger partial charge on any atom is -0.491 e. The smallest absolute Gasteiger partial charge is 0.417 e. The molecular weight excluding hydrogens is 295 g/mol. The third-order valence-corrected chi connectivity index (χ3v) is 2.86. The maximum Gasteiger partial charge on any atom is 0.417 e. The van der Waals surface area contributed by atoms with E-state index in [1.54, 1.807) is 24.3 Å². The maximum atomic E-state index is 12.8. The molecule has 0 saturated carbocycles. The molecule has 0 radical (unpaired) electrons. The molecule has 0 unspecified atom stereocenters. The van der Waals surface area contributed by atoms with Gasteiger partial charge in [0.05, 0.1) is 23.5 Å². The fourth-order valence-corrected chi connectivity index (χ4v) is 1.78. The zero-order valence-corrected chi connectivity index (χ0v) is 11.9. The third-order valence-electron chi connectivity index (χ3n) is 2.86.